The maximum absolute atomic E-state index is 13.9. The van der Waals surface area contributed by atoms with Crippen molar-refractivity contribution in [2.45, 2.75) is 33.0 Å². The summed E-state index contributed by atoms with van der Waals surface area (Å²) in [6.45, 7) is 2.90. The maximum Gasteiger partial charge on any atom is 0.338 e. The van der Waals surface area contributed by atoms with Crippen LogP contribution in [0.25, 0.3) is 33.4 Å². The van der Waals surface area contributed by atoms with E-state index in [-0.39, 0.29) is 25.5 Å². The fraction of sp³-hybridized carbons (Fsp3) is 0.222. The number of benzene rings is 4. The standard InChI is InChI=1S/C36H34N6O5/c1-3-9-33-37-32-19-18-28(46-20-21-47-36(44)27-10-5-4-6-11-27)22-31(32)35(43)41(33)23-25-14-16-26(17-15-25)29-12-7-8-13-30(29)34-38-39-40-42(34)24-45-2/h4-8,10-19,22H,3,9,20-21,23-24H2,1-2H3. The third-order valence-electron chi connectivity index (χ3n) is 7.63. The number of nitrogens with zero attached hydrogens (tertiary/aromatic N) is 6. The van der Waals surface area contributed by atoms with Crippen molar-refractivity contribution in [3.05, 3.63) is 124 Å². The number of ether oxygens (including phenoxy) is 3. The van der Waals surface area contributed by atoms with E-state index >= 15 is 0 Å². The number of hydrogen-bond acceptors (Lipinski definition) is 9. The number of hydrogen-bond donors (Lipinski definition) is 0. The number of aromatic nitrogens is 6. The Kier molecular flexibility index (Phi) is 9.73. The lowest BCUT2D eigenvalue weighted by Gasteiger charge is -2.15. The smallest absolute Gasteiger partial charge is 0.338 e. The van der Waals surface area contributed by atoms with E-state index in [4.69, 9.17) is 19.2 Å². The second-order valence-electron chi connectivity index (χ2n) is 10.9. The molecule has 0 spiro atoms. The summed E-state index contributed by atoms with van der Waals surface area (Å²) in [6.07, 6.45) is 1.51. The van der Waals surface area contributed by atoms with Crippen LogP contribution in [0.2, 0.25) is 0 Å². The van der Waals surface area contributed by atoms with Crippen LogP contribution in [0.4, 0.5) is 0 Å². The van der Waals surface area contributed by atoms with Crippen molar-refractivity contribution in [2.75, 3.05) is 20.3 Å². The zero-order valence-electron chi connectivity index (χ0n) is 26.2. The summed E-state index contributed by atoms with van der Waals surface area (Å²) in [5, 5.41) is 12.5. The lowest BCUT2D eigenvalue weighted by atomic mass is 9.98. The van der Waals surface area contributed by atoms with Gasteiger partial charge in [-0.1, -0.05) is 73.7 Å². The minimum Gasteiger partial charge on any atom is -0.490 e. The Labute approximate surface area is 271 Å². The van der Waals surface area contributed by atoms with Crippen molar-refractivity contribution >= 4 is 16.9 Å². The summed E-state index contributed by atoms with van der Waals surface area (Å²) >= 11 is 0. The first kappa shape index (κ1) is 31.3. The van der Waals surface area contributed by atoms with Crippen LogP contribution < -0.4 is 10.3 Å². The summed E-state index contributed by atoms with van der Waals surface area (Å²) in [5.41, 5.74) is 4.76. The van der Waals surface area contributed by atoms with Crippen LogP contribution in [-0.2, 0) is 29.2 Å². The van der Waals surface area contributed by atoms with Gasteiger partial charge in [-0.3, -0.25) is 9.36 Å². The van der Waals surface area contributed by atoms with E-state index in [0.29, 0.717) is 41.0 Å². The summed E-state index contributed by atoms with van der Waals surface area (Å²) in [4.78, 5) is 30.9. The van der Waals surface area contributed by atoms with Gasteiger partial charge < -0.3 is 14.2 Å². The normalized spacial score (nSPS) is 11.1. The molecule has 2 heterocycles. The van der Waals surface area contributed by atoms with Gasteiger partial charge in [-0.25, -0.2) is 9.78 Å². The van der Waals surface area contributed by atoms with E-state index < -0.39 is 5.97 Å². The molecule has 11 heteroatoms. The van der Waals surface area contributed by atoms with Gasteiger partial charge in [0.25, 0.3) is 5.56 Å². The molecule has 0 saturated carbocycles. The summed E-state index contributed by atoms with van der Waals surface area (Å²) < 4.78 is 19.7. The third kappa shape index (κ3) is 7.10. The van der Waals surface area contributed by atoms with Gasteiger partial charge in [-0.15, -0.1) is 5.10 Å². The molecule has 0 bridgehead atoms. The molecule has 0 fully saturated rings. The van der Waals surface area contributed by atoms with Crippen LogP contribution in [0, 0.1) is 0 Å². The number of esters is 1. The van der Waals surface area contributed by atoms with Crippen LogP contribution in [0.3, 0.4) is 0 Å². The van der Waals surface area contributed by atoms with Gasteiger partial charge in [0, 0.05) is 19.1 Å². The van der Waals surface area contributed by atoms with Crippen LogP contribution in [0.15, 0.2) is 102 Å². The molecule has 0 aliphatic carbocycles. The lowest BCUT2D eigenvalue weighted by molar-refractivity contribution is 0.0450. The van der Waals surface area contributed by atoms with Crippen molar-refractivity contribution in [3.63, 3.8) is 0 Å². The Morgan fingerprint density at radius 1 is 0.872 bits per heavy atom. The average molecular weight is 631 g/mol. The summed E-state index contributed by atoms with van der Waals surface area (Å²) in [5.74, 6) is 1.43. The van der Waals surface area contributed by atoms with Gasteiger partial charge in [0.15, 0.2) is 5.82 Å². The molecule has 47 heavy (non-hydrogen) atoms. The first-order valence-corrected chi connectivity index (χ1v) is 15.4. The highest BCUT2D eigenvalue weighted by Crippen LogP contribution is 2.31. The molecule has 4 aromatic carbocycles. The molecule has 0 amide bonds. The number of fused-ring (bicyclic) bond motifs is 1. The molecule has 6 aromatic rings. The molecule has 0 N–H and O–H groups in total. The van der Waals surface area contributed by atoms with Crippen molar-refractivity contribution in [2.24, 2.45) is 0 Å². The van der Waals surface area contributed by atoms with E-state index in [1.165, 1.54) is 0 Å². The van der Waals surface area contributed by atoms with Crippen LogP contribution >= 0.6 is 0 Å². The monoisotopic (exact) mass is 630 g/mol. The third-order valence-corrected chi connectivity index (χ3v) is 7.63. The molecule has 0 aliphatic heterocycles. The molecule has 238 valence electrons. The Morgan fingerprint density at radius 2 is 1.64 bits per heavy atom. The van der Waals surface area contributed by atoms with Crippen LogP contribution in [-0.4, -0.2) is 56.1 Å². The first-order chi connectivity index (χ1) is 23.1. The van der Waals surface area contributed by atoms with Crippen LogP contribution in [0.5, 0.6) is 5.75 Å². The van der Waals surface area contributed by atoms with Gasteiger partial charge in [-0.2, -0.15) is 4.68 Å². The Morgan fingerprint density at radius 3 is 2.40 bits per heavy atom. The number of aryl methyl sites for hydroxylation is 1. The number of tetrazole rings is 1. The van der Waals surface area contributed by atoms with Gasteiger partial charge >= 0.3 is 5.97 Å². The number of methoxy groups -OCH3 is 1. The highest BCUT2D eigenvalue weighted by Gasteiger charge is 2.16. The fourth-order valence-electron chi connectivity index (χ4n) is 5.37. The molecule has 0 aliphatic rings. The number of carbonyl (C=O) groups is 1. The van der Waals surface area contributed by atoms with Crippen molar-refractivity contribution in [1.82, 2.24) is 29.8 Å². The molecule has 6 rings (SSSR count). The molecule has 0 radical (unpaired) electrons. The van der Waals surface area contributed by atoms with Crippen molar-refractivity contribution < 1.29 is 19.0 Å². The predicted molar refractivity (Wildman–Crippen MR) is 177 cm³/mol. The average Bonchev–Trinajstić information content (AvgIpc) is 3.57. The highest BCUT2D eigenvalue weighted by molar-refractivity contribution is 5.89. The minimum atomic E-state index is -0.413. The van der Waals surface area contributed by atoms with Crippen molar-refractivity contribution in [1.29, 1.82) is 0 Å². The van der Waals surface area contributed by atoms with E-state index in [2.05, 4.69) is 22.4 Å². The molecule has 11 nitrogen and oxygen atoms in total. The predicted octanol–water partition coefficient (Wildman–Crippen LogP) is 5.56. The Balaban J connectivity index is 1.21. The Hall–Kier alpha value is -5.68. The van der Waals surface area contributed by atoms with E-state index in [1.807, 2.05) is 54.6 Å². The van der Waals surface area contributed by atoms with Crippen LogP contribution in [0.1, 0.15) is 35.1 Å². The van der Waals surface area contributed by atoms with E-state index in [1.54, 1.807) is 58.8 Å². The quantitative estimate of drug-likeness (QED) is 0.119. The molecule has 2 aromatic heterocycles. The first-order valence-electron chi connectivity index (χ1n) is 15.4. The molecular weight excluding hydrogens is 596 g/mol. The fourth-order valence-corrected chi connectivity index (χ4v) is 5.37. The summed E-state index contributed by atoms with van der Waals surface area (Å²) in [6, 6.07) is 30.1. The lowest BCUT2D eigenvalue weighted by Crippen LogP contribution is -2.26. The molecular formula is C36H34N6O5. The maximum atomic E-state index is 13.9. The largest absolute Gasteiger partial charge is 0.490 e. The van der Waals surface area contributed by atoms with E-state index in [9.17, 15) is 9.59 Å². The van der Waals surface area contributed by atoms with E-state index in [0.717, 1.165) is 34.5 Å². The molecule has 0 atom stereocenters. The molecule has 0 unspecified atom stereocenters. The van der Waals surface area contributed by atoms with Gasteiger partial charge in [0.05, 0.1) is 23.0 Å². The van der Waals surface area contributed by atoms with Crippen molar-refractivity contribution in [3.8, 4) is 28.3 Å². The van der Waals surface area contributed by atoms with Gasteiger partial charge in [-0.05, 0) is 63.9 Å². The topological polar surface area (TPSA) is 123 Å². The summed E-state index contributed by atoms with van der Waals surface area (Å²) in [7, 11) is 1.60. The highest BCUT2D eigenvalue weighted by atomic mass is 16.6. The van der Waals surface area contributed by atoms with Gasteiger partial charge in [0.1, 0.15) is 31.5 Å². The zero-order chi connectivity index (χ0) is 32.6. The Bertz CT molecular complexity index is 2040. The second-order valence-corrected chi connectivity index (χ2v) is 10.9. The number of rotatable bonds is 13. The second kappa shape index (κ2) is 14.6. The molecule has 0 saturated heterocycles. The zero-order valence-corrected chi connectivity index (χ0v) is 26.2. The SMILES string of the molecule is CCCc1nc2ccc(OCCOC(=O)c3ccccc3)cc2c(=O)n1Cc1ccc(-c2ccccc2-c2nnnn2COC)cc1. The minimum absolute atomic E-state index is 0.0777. The number of carbonyl (C=O) groups excluding carboxylic acids is 1. The van der Waals surface area contributed by atoms with Gasteiger partial charge in [0.2, 0.25) is 0 Å².